The maximum absolute atomic E-state index is 12.6. The summed E-state index contributed by atoms with van der Waals surface area (Å²) >= 11 is 0. The van der Waals surface area contributed by atoms with Crippen molar-refractivity contribution in [2.75, 3.05) is 6.61 Å². The Hall–Kier alpha value is -3.48. The fourth-order valence-electron chi connectivity index (χ4n) is 2.70. The van der Waals surface area contributed by atoms with E-state index < -0.39 is 5.91 Å². The summed E-state index contributed by atoms with van der Waals surface area (Å²) in [5, 5.41) is 9.14. The molecule has 7 nitrogen and oxygen atoms in total. The Morgan fingerprint density at radius 3 is 2.59 bits per heavy atom. The van der Waals surface area contributed by atoms with Crippen molar-refractivity contribution in [2.24, 2.45) is 5.10 Å². The van der Waals surface area contributed by atoms with Crippen LogP contribution in [0.3, 0.4) is 0 Å². The second kappa shape index (κ2) is 8.27. The van der Waals surface area contributed by atoms with Crippen LogP contribution in [-0.2, 0) is 6.54 Å². The van der Waals surface area contributed by atoms with Gasteiger partial charge in [-0.15, -0.1) is 0 Å². The number of hydrazone groups is 1. The number of hydrogen-bond acceptors (Lipinski definition) is 5. The molecule has 138 valence electrons. The van der Waals surface area contributed by atoms with E-state index in [1.54, 1.807) is 31.2 Å². The van der Waals surface area contributed by atoms with Crippen LogP contribution in [0.25, 0.3) is 10.8 Å². The lowest BCUT2D eigenvalue weighted by Gasteiger charge is -2.08. The van der Waals surface area contributed by atoms with Crippen LogP contribution in [0.1, 0.15) is 29.9 Å². The van der Waals surface area contributed by atoms with Crippen molar-refractivity contribution < 1.29 is 9.53 Å². The van der Waals surface area contributed by atoms with Gasteiger partial charge >= 0.3 is 0 Å². The van der Waals surface area contributed by atoms with Crippen molar-refractivity contribution in [2.45, 2.75) is 20.4 Å². The predicted molar refractivity (Wildman–Crippen MR) is 104 cm³/mol. The van der Waals surface area contributed by atoms with Crippen molar-refractivity contribution >= 4 is 22.9 Å². The zero-order chi connectivity index (χ0) is 19.2. The molecule has 1 aromatic heterocycles. The van der Waals surface area contributed by atoms with Crippen LogP contribution >= 0.6 is 0 Å². The molecule has 0 radical (unpaired) electrons. The zero-order valence-corrected chi connectivity index (χ0v) is 15.2. The molecule has 7 heteroatoms. The van der Waals surface area contributed by atoms with E-state index in [9.17, 15) is 9.59 Å². The Kier molecular flexibility index (Phi) is 5.61. The van der Waals surface area contributed by atoms with Gasteiger partial charge in [0.2, 0.25) is 0 Å². The SMILES string of the molecule is CCOc1ccccc1/C=N\NC(=O)c1nn(CC)c(=O)c2ccccc12. The minimum Gasteiger partial charge on any atom is -0.493 e. The Bertz CT molecular complexity index is 1060. The highest BCUT2D eigenvalue weighted by Crippen LogP contribution is 2.16. The molecule has 0 aliphatic carbocycles. The molecule has 0 saturated carbocycles. The van der Waals surface area contributed by atoms with Crippen molar-refractivity contribution in [3.8, 4) is 5.75 Å². The van der Waals surface area contributed by atoms with Gasteiger partial charge in [0.05, 0.1) is 18.2 Å². The van der Waals surface area contributed by atoms with Crippen molar-refractivity contribution in [3.63, 3.8) is 0 Å². The maximum Gasteiger partial charge on any atom is 0.292 e. The molecule has 0 fully saturated rings. The van der Waals surface area contributed by atoms with E-state index in [0.717, 1.165) is 5.56 Å². The number of nitrogens with zero attached hydrogens (tertiary/aromatic N) is 3. The number of amides is 1. The monoisotopic (exact) mass is 364 g/mol. The lowest BCUT2D eigenvalue weighted by molar-refractivity contribution is 0.0949. The molecule has 1 N–H and O–H groups in total. The molecule has 0 aliphatic heterocycles. The number of rotatable bonds is 6. The lowest BCUT2D eigenvalue weighted by atomic mass is 10.1. The average molecular weight is 364 g/mol. The first-order chi connectivity index (χ1) is 13.2. The third-order valence-corrected chi connectivity index (χ3v) is 3.97. The molecule has 0 bridgehead atoms. The molecule has 27 heavy (non-hydrogen) atoms. The quantitative estimate of drug-likeness (QED) is 0.538. The minimum absolute atomic E-state index is 0.155. The van der Waals surface area contributed by atoms with Gasteiger partial charge in [-0.2, -0.15) is 10.2 Å². The standard InChI is InChI=1S/C20H20N4O3/c1-3-24-20(26)16-11-7-6-10-15(16)18(23-24)19(25)22-21-13-14-9-5-8-12-17(14)27-4-2/h5-13H,3-4H2,1-2H3,(H,22,25)/b21-13-. The van der Waals surface area contributed by atoms with Gasteiger partial charge in [0.1, 0.15) is 5.75 Å². The Balaban J connectivity index is 1.89. The Labute approximate surface area is 156 Å². The topological polar surface area (TPSA) is 85.6 Å². The van der Waals surface area contributed by atoms with Gasteiger partial charge in [-0.05, 0) is 32.0 Å². The Morgan fingerprint density at radius 2 is 1.85 bits per heavy atom. The number of fused-ring (bicyclic) bond motifs is 1. The highest BCUT2D eigenvalue weighted by Gasteiger charge is 2.15. The smallest absolute Gasteiger partial charge is 0.292 e. The van der Waals surface area contributed by atoms with Crippen molar-refractivity contribution in [1.29, 1.82) is 0 Å². The molecule has 0 spiro atoms. The van der Waals surface area contributed by atoms with E-state index in [2.05, 4.69) is 15.6 Å². The van der Waals surface area contributed by atoms with Crippen LogP contribution in [0, 0.1) is 0 Å². The lowest BCUT2D eigenvalue weighted by Crippen LogP contribution is -2.28. The summed E-state index contributed by atoms with van der Waals surface area (Å²) in [5.41, 5.74) is 3.15. The van der Waals surface area contributed by atoms with Crippen LogP contribution in [0.5, 0.6) is 5.75 Å². The van der Waals surface area contributed by atoms with Crippen LogP contribution in [0.2, 0.25) is 0 Å². The zero-order valence-electron chi connectivity index (χ0n) is 15.2. The second-order valence-corrected chi connectivity index (χ2v) is 5.69. The number of aryl methyl sites for hydroxylation is 1. The first-order valence-corrected chi connectivity index (χ1v) is 8.70. The summed E-state index contributed by atoms with van der Waals surface area (Å²) in [4.78, 5) is 25.0. The van der Waals surface area contributed by atoms with Crippen molar-refractivity contribution in [1.82, 2.24) is 15.2 Å². The van der Waals surface area contributed by atoms with Gasteiger partial charge in [-0.3, -0.25) is 9.59 Å². The first kappa shape index (κ1) is 18.3. The normalized spacial score (nSPS) is 11.0. The number of aromatic nitrogens is 2. The van der Waals surface area contributed by atoms with Gasteiger partial charge in [-0.25, -0.2) is 10.1 Å². The fourth-order valence-corrected chi connectivity index (χ4v) is 2.70. The molecular weight excluding hydrogens is 344 g/mol. The molecule has 0 aliphatic rings. The summed E-state index contributed by atoms with van der Waals surface area (Å²) in [6, 6.07) is 14.3. The number of carbonyl (C=O) groups excluding carboxylic acids is 1. The summed E-state index contributed by atoms with van der Waals surface area (Å²) < 4.78 is 6.80. The summed E-state index contributed by atoms with van der Waals surface area (Å²) in [7, 11) is 0. The van der Waals surface area contributed by atoms with Crippen LogP contribution in [-0.4, -0.2) is 28.5 Å². The van der Waals surface area contributed by atoms with E-state index in [0.29, 0.717) is 29.7 Å². The van der Waals surface area contributed by atoms with E-state index in [1.807, 2.05) is 31.2 Å². The Morgan fingerprint density at radius 1 is 1.15 bits per heavy atom. The fraction of sp³-hybridized carbons (Fsp3) is 0.200. The molecule has 0 saturated heterocycles. The highest BCUT2D eigenvalue weighted by molar-refractivity contribution is 6.05. The third-order valence-electron chi connectivity index (χ3n) is 3.97. The molecule has 0 atom stereocenters. The number of para-hydroxylation sites is 1. The number of ether oxygens (including phenoxy) is 1. The van der Waals surface area contributed by atoms with E-state index in [4.69, 9.17) is 4.74 Å². The molecule has 0 unspecified atom stereocenters. The molecule has 1 heterocycles. The van der Waals surface area contributed by atoms with E-state index in [1.165, 1.54) is 10.9 Å². The van der Waals surface area contributed by atoms with Gasteiger partial charge in [0.15, 0.2) is 5.69 Å². The van der Waals surface area contributed by atoms with Crippen LogP contribution in [0.15, 0.2) is 58.4 Å². The second-order valence-electron chi connectivity index (χ2n) is 5.69. The first-order valence-electron chi connectivity index (χ1n) is 8.70. The van der Waals surface area contributed by atoms with Gasteiger partial charge < -0.3 is 4.74 Å². The number of benzene rings is 2. The molecule has 2 aromatic carbocycles. The number of hydrogen-bond donors (Lipinski definition) is 1. The number of carbonyl (C=O) groups is 1. The maximum atomic E-state index is 12.6. The van der Waals surface area contributed by atoms with Crippen LogP contribution < -0.4 is 15.7 Å². The molecule has 3 rings (SSSR count). The summed E-state index contributed by atoms with van der Waals surface area (Å²) in [6.07, 6.45) is 1.51. The molecule has 1 amide bonds. The predicted octanol–water partition coefficient (Wildman–Crippen LogP) is 2.58. The van der Waals surface area contributed by atoms with Crippen LogP contribution in [0.4, 0.5) is 0 Å². The van der Waals surface area contributed by atoms with Gasteiger partial charge in [0.25, 0.3) is 11.5 Å². The molecule has 3 aromatic rings. The molecular formula is C20H20N4O3. The van der Waals surface area contributed by atoms with Gasteiger partial charge in [0, 0.05) is 17.5 Å². The van der Waals surface area contributed by atoms with E-state index in [-0.39, 0.29) is 11.3 Å². The average Bonchev–Trinajstić information content (AvgIpc) is 2.70. The third kappa shape index (κ3) is 3.87. The highest BCUT2D eigenvalue weighted by atomic mass is 16.5. The largest absolute Gasteiger partial charge is 0.493 e. The summed E-state index contributed by atoms with van der Waals surface area (Å²) in [5.74, 6) is 0.194. The number of nitrogens with one attached hydrogen (secondary N) is 1. The van der Waals surface area contributed by atoms with E-state index >= 15 is 0 Å². The minimum atomic E-state index is -0.487. The van der Waals surface area contributed by atoms with Crippen molar-refractivity contribution in [3.05, 3.63) is 70.1 Å². The van der Waals surface area contributed by atoms with Gasteiger partial charge in [-0.1, -0.05) is 30.3 Å². The summed E-state index contributed by atoms with van der Waals surface area (Å²) in [6.45, 7) is 4.60.